The van der Waals surface area contributed by atoms with Crippen molar-refractivity contribution in [2.75, 3.05) is 0 Å². The predicted molar refractivity (Wildman–Crippen MR) is 70.0 cm³/mol. The van der Waals surface area contributed by atoms with Crippen molar-refractivity contribution in [1.29, 1.82) is 0 Å². The average molecular weight is 258 g/mol. The predicted octanol–water partition coefficient (Wildman–Crippen LogP) is 3.74. The summed E-state index contributed by atoms with van der Waals surface area (Å²) in [6.07, 6.45) is 0.117. The first-order chi connectivity index (χ1) is 9.13. The molecule has 4 heteroatoms. The molecule has 0 fully saturated rings. The topological polar surface area (TPSA) is 28.7 Å². The lowest BCUT2D eigenvalue weighted by atomic mass is 10.1. The molecule has 0 saturated heterocycles. The number of hydrogen-bond donors (Lipinski definition) is 1. The van der Waals surface area contributed by atoms with Gasteiger partial charge in [0.05, 0.1) is 11.0 Å². The number of benzene rings is 2. The quantitative estimate of drug-likeness (QED) is 0.745. The summed E-state index contributed by atoms with van der Waals surface area (Å²) in [6.45, 7) is 1.98. The number of aromatic amines is 1. The van der Waals surface area contributed by atoms with Gasteiger partial charge in [-0.15, -0.1) is 0 Å². The van der Waals surface area contributed by atoms with Crippen molar-refractivity contribution in [1.82, 2.24) is 9.97 Å². The second kappa shape index (κ2) is 4.46. The van der Waals surface area contributed by atoms with Crippen LogP contribution in [0.15, 0.2) is 36.4 Å². The lowest BCUT2D eigenvalue weighted by molar-refractivity contribution is 0.559. The zero-order valence-corrected chi connectivity index (χ0v) is 10.4. The normalized spacial score (nSPS) is 11.1. The number of halogens is 2. The van der Waals surface area contributed by atoms with Crippen LogP contribution in [-0.2, 0) is 6.42 Å². The number of H-pyrrole nitrogens is 1. The van der Waals surface area contributed by atoms with Crippen molar-refractivity contribution in [3.63, 3.8) is 0 Å². The number of rotatable bonds is 2. The Labute approximate surface area is 109 Å². The molecule has 0 aliphatic carbocycles. The van der Waals surface area contributed by atoms with E-state index < -0.39 is 11.6 Å². The van der Waals surface area contributed by atoms with Crippen molar-refractivity contribution in [3.8, 4) is 0 Å². The van der Waals surface area contributed by atoms with E-state index in [-0.39, 0.29) is 12.0 Å². The maximum absolute atomic E-state index is 13.6. The van der Waals surface area contributed by atoms with Crippen LogP contribution in [0.3, 0.4) is 0 Å². The van der Waals surface area contributed by atoms with Crippen LogP contribution in [0.4, 0.5) is 8.78 Å². The lowest BCUT2D eigenvalue weighted by Gasteiger charge is -2.01. The molecule has 1 heterocycles. The van der Waals surface area contributed by atoms with Crippen molar-refractivity contribution in [2.24, 2.45) is 0 Å². The smallest absolute Gasteiger partial charge is 0.129 e. The third kappa shape index (κ3) is 2.21. The van der Waals surface area contributed by atoms with Gasteiger partial charge in [0, 0.05) is 12.0 Å². The van der Waals surface area contributed by atoms with E-state index in [2.05, 4.69) is 9.97 Å². The number of aromatic nitrogens is 2. The Bertz CT molecular complexity index is 727. The first-order valence-electron chi connectivity index (χ1n) is 6.01. The average Bonchev–Trinajstić information content (AvgIpc) is 2.75. The summed E-state index contributed by atoms with van der Waals surface area (Å²) in [5, 5.41) is 0. The molecule has 19 heavy (non-hydrogen) atoms. The molecule has 3 rings (SSSR count). The number of fused-ring (bicyclic) bond motifs is 1. The van der Waals surface area contributed by atoms with Crippen molar-refractivity contribution in [2.45, 2.75) is 13.3 Å². The van der Waals surface area contributed by atoms with Crippen LogP contribution >= 0.6 is 0 Å². The molecule has 0 aliphatic rings. The maximum Gasteiger partial charge on any atom is 0.129 e. The SMILES string of the molecule is Cc1ccc2nc(Cc3c(F)cccc3F)[nH]c2c1. The van der Waals surface area contributed by atoms with E-state index in [1.807, 2.05) is 25.1 Å². The molecule has 96 valence electrons. The van der Waals surface area contributed by atoms with E-state index in [0.717, 1.165) is 16.6 Å². The van der Waals surface area contributed by atoms with Crippen molar-refractivity contribution in [3.05, 3.63) is 65.0 Å². The van der Waals surface area contributed by atoms with Crippen LogP contribution in [0.25, 0.3) is 11.0 Å². The number of nitrogens with one attached hydrogen (secondary N) is 1. The van der Waals surface area contributed by atoms with Crippen molar-refractivity contribution >= 4 is 11.0 Å². The number of aryl methyl sites for hydroxylation is 1. The highest BCUT2D eigenvalue weighted by atomic mass is 19.1. The van der Waals surface area contributed by atoms with Crippen LogP contribution in [0.1, 0.15) is 17.0 Å². The Morgan fingerprint density at radius 2 is 1.84 bits per heavy atom. The van der Waals surface area contributed by atoms with Crippen LogP contribution in [0.2, 0.25) is 0 Å². The molecular formula is C15H12F2N2. The second-order valence-electron chi connectivity index (χ2n) is 4.58. The first-order valence-corrected chi connectivity index (χ1v) is 6.01. The first kappa shape index (κ1) is 11.8. The summed E-state index contributed by atoms with van der Waals surface area (Å²) in [7, 11) is 0. The highest BCUT2D eigenvalue weighted by molar-refractivity contribution is 5.75. The molecule has 0 spiro atoms. The second-order valence-corrected chi connectivity index (χ2v) is 4.58. The summed E-state index contributed by atoms with van der Waals surface area (Å²) in [6, 6.07) is 9.68. The van der Waals surface area contributed by atoms with Gasteiger partial charge in [-0.05, 0) is 36.8 Å². The van der Waals surface area contributed by atoms with Gasteiger partial charge in [-0.25, -0.2) is 13.8 Å². The summed E-state index contributed by atoms with van der Waals surface area (Å²) < 4.78 is 27.1. The zero-order valence-electron chi connectivity index (χ0n) is 10.4. The molecular weight excluding hydrogens is 246 g/mol. The third-order valence-corrected chi connectivity index (χ3v) is 3.09. The van der Waals surface area contributed by atoms with Crippen molar-refractivity contribution < 1.29 is 8.78 Å². The molecule has 0 unspecified atom stereocenters. The van der Waals surface area contributed by atoms with E-state index >= 15 is 0 Å². The highest BCUT2D eigenvalue weighted by Crippen LogP contribution is 2.18. The molecule has 2 aromatic carbocycles. The Morgan fingerprint density at radius 1 is 1.11 bits per heavy atom. The summed E-state index contributed by atoms with van der Waals surface area (Å²) in [5.74, 6) is -0.530. The van der Waals surface area contributed by atoms with Gasteiger partial charge in [-0.1, -0.05) is 12.1 Å². The molecule has 1 N–H and O–H groups in total. The molecule has 0 bridgehead atoms. The number of nitrogens with zero attached hydrogens (tertiary/aromatic N) is 1. The fraction of sp³-hybridized carbons (Fsp3) is 0.133. The molecule has 0 saturated carbocycles. The van der Waals surface area contributed by atoms with Crippen LogP contribution in [-0.4, -0.2) is 9.97 Å². The molecule has 3 aromatic rings. The van der Waals surface area contributed by atoms with Gasteiger partial charge in [0.1, 0.15) is 17.5 Å². The van der Waals surface area contributed by atoms with E-state index in [1.54, 1.807) is 0 Å². The number of hydrogen-bond acceptors (Lipinski definition) is 1. The van der Waals surface area contributed by atoms with E-state index in [1.165, 1.54) is 18.2 Å². The third-order valence-electron chi connectivity index (χ3n) is 3.09. The minimum Gasteiger partial charge on any atom is -0.342 e. The Kier molecular flexibility index (Phi) is 2.78. The summed E-state index contributed by atoms with van der Waals surface area (Å²) >= 11 is 0. The largest absolute Gasteiger partial charge is 0.342 e. The van der Waals surface area contributed by atoms with Gasteiger partial charge in [-0.3, -0.25) is 0 Å². The summed E-state index contributed by atoms with van der Waals surface area (Å²) in [5.41, 5.74) is 2.84. The van der Waals surface area contributed by atoms with Gasteiger partial charge in [0.25, 0.3) is 0 Å². The minimum absolute atomic E-state index is 0.0401. The molecule has 1 aromatic heterocycles. The molecule has 0 aliphatic heterocycles. The zero-order chi connectivity index (χ0) is 13.4. The molecule has 0 radical (unpaired) electrons. The van der Waals surface area contributed by atoms with Crippen LogP contribution in [0.5, 0.6) is 0 Å². The molecule has 0 amide bonds. The standard InChI is InChI=1S/C15H12F2N2/c1-9-5-6-13-14(7-9)19-15(18-13)8-10-11(16)3-2-4-12(10)17/h2-7H,8H2,1H3,(H,18,19). The van der Waals surface area contributed by atoms with Gasteiger partial charge in [0.15, 0.2) is 0 Å². The minimum atomic E-state index is -0.545. The Hall–Kier alpha value is -2.23. The van der Waals surface area contributed by atoms with Gasteiger partial charge in [-0.2, -0.15) is 0 Å². The summed E-state index contributed by atoms with van der Waals surface area (Å²) in [4.78, 5) is 7.44. The van der Waals surface area contributed by atoms with E-state index in [4.69, 9.17) is 0 Å². The van der Waals surface area contributed by atoms with E-state index in [0.29, 0.717) is 5.82 Å². The van der Waals surface area contributed by atoms with Gasteiger partial charge in [0.2, 0.25) is 0 Å². The van der Waals surface area contributed by atoms with E-state index in [9.17, 15) is 8.78 Å². The Balaban J connectivity index is 2.01. The molecule has 0 atom stereocenters. The monoisotopic (exact) mass is 258 g/mol. The number of imidazole rings is 1. The maximum atomic E-state index is 13.6. The molecule has 2 nitrogen and oxygen atoms in total. The Morgan fingerprint density at radius 3 is 2.58 bits per heavy atom. The fourth-order valence-electron chi connectivity index (χ4n) is 2.13. The van der Waals surface area contributed by atoms with Crippen LogP contribution < -0.4 is 0 Å². The van der Waals surface area contributed by atoms with Gasteiger partial charge < -0.3 is 4.98 Å². The fourth-order valence-corrected chi connectivity index (χ4v) is 2.13. The highest BCUT2D eigenvalue weighted by Gasteiger charge is 2.11. The van der Waals surface area contributed by atoms with Gasteiger partial charge >= 0.3 is 0 Å². The van der Waals surface area contributed by atoms with Crippen LogP contribution in [0, 0.1) is 18.6 Å². The lowest BCUT2D eigenvalue weighted by Crippen LogP contribution is -1.98.